The molecule has 1 aromatic rings. The molecule has 1 fully saturated rings. The number of nitrogens with zero attached hydrogens (tertiary/aromatic N) is 2. The maximum atomic E-state index is 6.14. The zero-order valence-electron chi connectivity index (χ0n) is 15.2. The van der Waals surface area contributed by atoms with Gasteiger partial charge in [-0.2, -0.15) is 0 Å². The van der Waals surface area contributed by atoms with Crippen molar-refractivity contribution in [3.63, 3.8) is 0 Å². The lowest BCUT2D eigenvalue weighted by molar-refractivity contribution is 0.0674. The van der Waals surface area contributed by atoms with Gasteiger partial charge >= 0.3 is 0 Å². The van der Waals surface area contributed by atoms with E-state index in [0.717, 1.165) is 26.3 Å². The summed E-state index contributed by atoms with van der Waals surface area (Å²) in [6.45, 7) is 14.9. The van der Waals surface area contributed by atoms with E-state index in [4.69, 9.17) is 10.5 Å². The molecule has 1 aliphatic heterocycles. The lowest BCUT2D eigenvalue weighted by Crippen LogP contribution is -2.45. The van der Waals surface area contributed by atoms with Gasteiger partial charge in [0.15, 0.2) is 5.96 Å². The second kappa shape index (κ2) is 6.91. The van der Waals surface area contributed by atoms with Gasteiger partial charge in [0.25, 0.3) is 0 Å². The summed E-state index contributed by atoms with van der Waals surface area (Å²) in [6.07, 6.45) is 0. The van der Waals surface area contributed by atoms with Crippen molar-refractivity contribution in [3.05, 3.63) is 35.4 Å². The van der Waals surface area contributed by atoms with Crippen LogP contribution in [0.2, 0.25) is 0 Å². The number of ether oxygens (including phenoxy) is 1. The van der Waals surface area contributed by atoms with E-state index < -0.39 is 0 Å². The maximum absolute atomic E-state index is 6.14. The standard InChI is InChI=1S/C19H31N3O/c1-18(2,3)15-6-8-16(9-7-15)19(4,5)14-21-17(20)22-10-12-23-13-11-22/h6-9H,10-14H2,1-5H3,(H2,20,21). The first-order valence-corrected chi connectivity index (χ1v) is 8.44. The van der Waals surface area contributed by atoms with Gasteiger partial charge in [0.05, 0.1) is 19.8 Å². The van der Waals surface area contributed by atoms with E-state index in [1.165, 1.54) is 11.1 Å². The highest BCUT2D eigenvalue weighted by molar-refractivity contribution is 5.78. The van der Waals surface area contributed by atoms with Crippen LogP contribution >= 0.6 is 0 Å². The number of aliphatic imine (C=N–C) groups is 1. The zero-order chi connectivity index (χ0) is 17.1. The molecule has 0 bridgehead atoms. The van der Waals surface area contributed by atoms with Gasteiger partial charge in [-0.25, -0.2) is 0 Å². The number of benzene rings is 1. The molecule has 1 aromatic carbocycles. The fraction of sp³-hybridized carbons (Fsp3) is 0.632. The molecule has 1 aliphatic rings. The number of rotatable bonds is 3. The quantitative estimate of drug-likeness (QED) is 0.689. The molecule has 1 heterocycles. The average molecular weight is 317 g/mol. The van der Waals surface area contributed by atoms with Gasteiger partial charge in [-0.15, -0.1) is 0 Å². The molecule has 0 aromatic heterocycles. The van der Waals surface area contributed by atoms with Crippen molar-refractivity contribution in [2.45, 2.75) is 45.4 Å². The third-order valence-corrected chi connectivity index (χ3v) is 4.50. The van der Waals surface area contributed by atoms with E-state index in [1.807, 2.05) is 0 Å². The molecule has 0 radical (unpaired) electrons. The highest BCUT2D eigenvalue weighted by Gasteiger charge is 2.22. The number of hydrogen-bond acceptors (Lipinski definition) is 2. The van der Waals surface area contributed by atoms with Crippen molar-refractivity contribution in [1.82, 2.24) is 4.90 Å². The first-order valence-electron chi connectivity index (χ1n) is 8.44. The lowest BCUT2D eigenvalue weighted by atomic mass is 9.81. The average Bonchev–Trinajstić information content (AvgIpc) is 2.53. The highest BCUT2D eigenvalue weighted by Crippen LogP contribution is 2.28. The monoisotopic (exact) mass is 317 g/mol. The van der Waals surface area contributed by atoms with Gasteiger partial charge in [0.1, 0.15) is 0 Å². The van der Waals surface area contributed by atoms with Gasteiger partial charge in [-0.1, -0.05) is 58.9 Å². The second-order valence-corrected chi connectivity index (χ2v) is 7.99. The van der Waals surface area contributed by atoms with Crippen LogP contribution in [0.15, 0.2) is 29.3 Å². The molecular formula is C19H31N3O. The molecule has 23 heavy (non-hydrogen) atoms. The van der Waals surface area contributed by atoms with E-state index in [-0.39, 0.29) is 10.8 Å². The summed E-state index contributed by atoms with van der Waals surface area (Å²) in [7, 11) is 0. The summed E-state index contributed by atoms with van der Waals surface area (Å²) in [4.78, 5) is 6.73. The Kier molecular flexibility index (Phi) is 5.35. The van der Waals surface area contributed by atoms with Gasteiger partial charge < -0.3 is 15.4 Å². The predicted molar refractivity (Wildman–Crippen MR) is 97.0 cm³/mol. The normalized spacial score (nSPS) is 17.4. The van der Waals surface area contributed by atoms with Gasteiger partial charge in [-0.05, 0) is 16.5 Å². The van der Waals surface area contributed by atoms with Crippen LogP contribution in [-0.2, 0) is 15.6 Å². The first kappa shape index (κ1) is 17.8. The molecule has 128 valence electrons. The molecule has 0 amide bonds. The number of morpholine rings is 1. The molecule has 4 nitrogen and oxygen atoms in total. The fourth-order valence-electron chi connectivity index (χ4n) is 2.68. The molecule has 0 aliphatic carbocycles. The molecule has 2 rings (SSSR count). The number of hydrogen-bond donors (Lipinski definition) is 1. The van der Waals surface area contributed by atoms with E-state index >= 15 is 0 Å². The Morgan fingerprint density at radius 3 is 2.09 bits per heavy atom. The molecular weight excluding hydrogens is 286 g/mol. The van der Waals surface area contributed by atoms with Crippen molar-refractivity contribution in [1.29, 1.82) is 0 Å². The number of guanidine groups is 1. The van der Waals surface area contributed by atoms with Crippen LogP contribution in [0.3, 0.4) is 0 Å². The first-order chi connectivity index (χ1) is 10.7. The largest absolute Gasteiger partial charge is 0.378 e. The van der Waals surface area contributed by atoms with E-state index in [0.29, 0.717) is 12.5 Å². The van der Waals surface area contributed by atoms with Crippen LogP contribution in [0.4, 0.5) is 0 Å². The van der Waals surface area contributed by atoms with Crippen LogP contribution in [0, 0.1) is 0 Å². The molecule has 0 saturated carbocycles. The smallest absolute Gasteiger partial charge is 0.191 e. The highest BCUT2D eigenvalue weighted by atomic mass is 16.5. The van der Waals surface area contributed by atoms with Crippen LogP contribution < -0.4 is 5.73 Å². The Hall–Kier alpha value is -1.55. The fourth-order valence-corrected chi connectivity index (χ4v) is 2.68. The second-order valence-electron chi connectivity index (χ2n) is 7.99. The van der Waals surface area contributed by atoms with Crippen molar-refractivity contribution in [2.75, 3.05) is 32.8 Å². The van der Waals surface area contributed by atoms with Gasteiger partial charge in [-0.3, -0.25) is 4.99 Å². The third-order valence-electron chi connectivity index (χ3n) is 4.50. The van der Waals surface area contributed by atoms with E-state index in [2.05, 4.69) is 68.8 Å². The Labute approximate surface area is 140 Å². The summed E-state index contributed by atoms with van der Waals surface area (Å²) in [5.41, 5.74) is 8.93. The van der Waals surface area contributed by atoms with Crippen molar-refractivity contribution < 1.29 is 4.74 Å². The van der Waals surface area contributed by atoms with Crippen LogP contribution in [0.5, 0.6) is 0 Å². The minimum atomic E-state index is -0.0344. The van der Waals surface area contributed by atoms with Crippen LogP contribution in [0.25, 0.3) is 0 Å². The van der Waals surface area contributed by atoms with Crippen molar-refractivity contribution in [2.24, 2.45) is 10.7 Å². The summed E-state index contributed by atoms with van der Waals surface area (Å²) >= 11 is 0. The molecule has 2 N–H and O–H groups in total. The zero-order valence-corrected chi connectivity index (χ0v) is 15.2. The molecule has 4 heteroatoms. The minimum Gasteiger partial charge on any atom is -0.378 e. The van der Waals surface area contributed by atoms with E-state index in [1.54, 1.807) is 0 Å². The summed E-state index contributed by atoms with van der Waals surface area (Å²) in [5, 5.41) is 0. The summed E-state index contributed by atoms with van der Waals surface area (Å²) in [6, 6.07) is 8.90. The van der Waals surface area contributed by atoms with Gasteiger partial charge in [0, 0.05) is 18.5 Å². The van der Waals surface area contributed by atoms with Crippen molar-refractivity contribution in [3.8, 4) is 0 Å². The maximum Gasteiger partial charge on any atom is 0.191 e. The lowest BCUT2D eigenvalue weighted by Gasteiger charge is -2.29. The van der Waals surface area contributed by atoms with Gasteiger partial charge in [0.2, 0.25) is 0 Å². The van der Waals surface area contributed by atoms with Crippen molar-refractivity contribution >= 4 is 5.96 Å². The van der Waals surface area contributed by atoms with Crippen LogP contribution in [-0.4, -0.2) is 43.7 Å². The summed E-state index contributed by atoms with van der Waals surface area (Å²) in [5.74, 6) is 0.632. The SMILES string of the molecule is CC(C)(C)c1ccc(C(C)(C)CN=C(N)N2CCOCC2)cc1. The minimum absolute atomic E-state index is 0.0344. The molecule has 0 atom stereocenters. The Balaban J connectivity index is 2.05. The van der Waals surface area contributed by atoms with Crippen LogP contribution in [0.1, 0.15) is 45.7 Å². The Bertz CT molecular complexity index is 535. The summed E-state index contributed by atoms with van der Waals surface area (Å²) < 4.78 is 5.35. The predicted octanol–water partition coefficient (Wildman–Crippen LogP) is 2.91. The molecule has 1 saturated heterocycles. The third kappa shape index (κ3) is 4.71. The molecule has 0 unspecified atom stereocenters. The van der Waals surface area contributed by atoms with E-state index in [9.17, 15) is 0 Å². The Morgan fingerprint density at radius 1 is 1.04 bits per heavy atom. The molecule has 0 spiro atoms. The number of nitrogens with two attached hydrogens (primary N) is 1. The Morgan fingerprint density at radius 2 is 1.57 bits per heavy atom. The topological polar surface area (TPSA) is 50.8 Å².